The van der Waals surface area contributed by atoms with E-state index in [4.69, 9.17) is 4.74 Å². The van der Waals surface area contributed by atoms with Gasteiger partial charge in [0.1, 0.15) is 11.8 Å². The molecule has 2 atom stereocenters. The summed E-state index contributed by atoms with van der Waals surface area (Å²) in [5.41, 5.74) is 1.02. The van der Waals surface area contributed by atoms with E-state index in [0.717, 1.165) is 24.2 Å². The number of methoxy groups -OCH3 is 1. The number of hydrogen-bond acceptors (Lipinski definition) is 5. The fourth-order valence-corrected chi connectivity index (χ4v) is 3.30. The monoisotopic (exact) mass is 404 g/mol. The minimum atomic E-state index is -0.581. The molecule has 0 radical (unpaired) electrons. The van der Waals surface area contributed by atoms with Gasteiger partial charge in [0.05, 0.1) is 19.7 Å². The number of para-hydroxylation sites is 1. The second kappa shape index (κ2) is 11.4. The third-order valence-electron chi connectivity index (χ3n) is 5.17. The van der Waals surface area contributed by atoms with Crippen molar-refractivity contribution in [1.29, 1.82) is 0 Å². The average Bonchev–Trinajstić information content (AvgIpc) is 2.89. The molecule has 1 fully saturated rings. The topological polar surface area (TPSA) is 99.8 Å². The van der Waals surface area contributed by atoms with E-state index in [9.17, 15) is 14.4 Å². The van der Waals surface area contributed by atoms with Gasteiger partial charge in [-0.05, 0) is 51.3 Å². The minimum Gasteiger partial charge on any atom is -0.496 e. The number of benzene rings is 1. The summed E-state index contributed by atoms with van der Waals surface area (Å²) in [6.07, 6.45) is 2.88. The molecular weight excluding hydrogens is 372 g/mol. The molecule has 0 saturated carbocycles. The first-order chi connectivity index (χ1) is 14.0. The summed E-state index contributed by atoms with van der Waals surface area (Å²) in [6, 6.07) is 6.72. The fourth-order valence-electron chi connectivity index (χ4n) is 3.30. The first-order valence-corrected chi connectivity index (χ1v) is 10.1. The summed E-state index contributed by atoms with van der Waals surface area (Å²) in [6.45, 7) is 2.72. The second-order valence-electron chi connectivity index (χ2n) is 7.24. The molecule has 160 valence electrons. The molecule has 8 nitrogen and oxygen atoms in total. The lowest BCUT2D eigenvalue weighted by Crippen LogP contribution is -2.53. The van der Waals surface area contributed by atoms with E-state index < -0.39 is 6.04 Å². The number of nitrogens with zero attached hydrogens (tertiary/aromatic N) is 1. The molecule has 1 aromatic rings. The molecule has 1 aliphatic rings. The van der Waals surface area contributed by atoms with Crippen molar-refractivity contribution in [1.82, 2.24) is 20.9 Å². The maximum absolute atomic E-state index is 12.8. The predicted octanol–water partition coefficient (Wildman–Crippen LogP) is 0.459. The van der Waals surface area contributed by atoms with Crippen LogP contribution in [0.15, 0.2) is 24.3 Å². The Labute approximate surface area is 172 Å². The quantitative estimate of drug-likeness (QED) is 0.555. The molecule has 1 aromatic carbocycles. The Morgan fingerprint density at radius 3 is 2.76 bits per heavy atom. The summed E-state index contributed by atoms with van der Waals surface area (Å²) >= 11 is 0. The van der Waals surface area contributed by atoms with Gasteiger partial charge in [0.15, 0.2) is 0 Å². The summed E-state index contributed by atoms with van der Waals surface area (Å²) in [7, 11) is 3.32. The first-order valence-electron chi connectivity index (χ1n) is 10.1. The summed E-state index contributed by atoms with van der Waals surface area (Å²) in [4.78, 5) is 38.8. The fraction of sp³-hybridized carbons (Fsp3) is 0.571. The van der Waals surface area contributed by atoms with Gasteiger partial charge in [0.2, 0.25) is 17.7 Å². The molecular formula is C21H32N4O4. The lowest BCUT2D eigenvalue weighted by molar-refractivity contribution is -0.139. The van der Waals surface area contributed by atoms with E-state index in [2.05, 4.69) is 16.0 Å². The number of carbonyl (C=O) groups excluding carboxylic acids is 3. The lowest BCUT2D eigenvalue weighted by Gasteiger charge is -2.25. The van der Waals surface area contributed by atoms with Gasteiger partial charge in [-0.1, -0.05) is 18.2 Å². The van der Waals surface area contributed by atoms with Crippen LogP contribution in [0, 0.1) is 0 Å². The van der Waals surface area contributed by atoms with Crippen molar-refractivity contribution in [2.75, 3.05) is 33.8 Å². The predicted molar refractivity (Wildman–Crippen MR) is 111 cm³/mol. The number of carbonyl (C=O) groups is 3. The van der Waals surface area contributed by atoms with Crippen LogP contribution in [0.3, 0.4) is 0 Å². The highest BCUT2D eigenvalue weighted by molar-refractivity contribution is 5.91. The maximum Gasteiger partial charge on any atom is 0.245 e. The van der Waals surface area contributed by atoms with Gasteiger partial charge in [-0.15, -0.1) is 0 Å². The minimum absolute atomic E-state index is 0.00128. The molecule has 1 aliphatic heterocycles. The Morgan fingerprint density at radius 1 is 1.28 bits per heavy atom. The standard InChI is InChI=1S/C21H32N4O4/c1-15(22-2)20(27)24-17-9-6-7-13-25(21(17)28)14-19(26)23-12-11-16-8-4-5-10-18(16)29-3/h4-5,8,10,15,17,22H,6-7,9,11-14H2,1-3H3,(H,23,26)(H,24,27)/t15-,17-/m0/s1. The number of likely N-dealkylation sites (tertiary alicyclic amines) is 1. The highest BCUT2D eigenvalue weighted by Gasteiger charge is 2.30. The Hall–Kier alpha value is -2.61. The van der Waals surface area contributed by atoms with Crippen LogP contribution in [0.5, 0.6) is 5.75 Å². The van der Waals surface area contributed by atoms with Crippen LogP contribution in [-0.4, -0.2) is 68.5 Å². The number of ether oxygens (including phenoxy) is 1. The number of amides is 3. The normalized spacial score (nSPS) is 18.0. The number of rotatable bonds is 9. The molecule has 2 rings (SSSR count). The van der Waals surface area contributed by atoms with Crippen LogP contribution >= 0.6 is 0 Å². The van der Waals surface area contributed by atoms with Crippen molar-refractivity contribution >= 4 is 17.7 Å². The summed E-state index contributed by atoms with van der Waals surface area (Å²) < 4.78 is 5.32. The Morgan fingerprint density at radius 2 is 2.03 bits per heavy atom. The van der Waals surface area contributed by atoms with Gasteiger partial charge in [-0.25, -0.2) is 0 Å². The van der Waals surface area contributed by atoms with Gasteiger partial charge < -0.3 is 25.6 Å². The van der Waals surface area contributed by atoms with Crippen molar-refractivity contribution in [3.05, 3.63) is 29.8 Å². The van der Waals surface area contributed by atoms with Crippen LogP contribution in [-0.2, 0) is 20.8 Å². The van der Waals surface area contributed by atoms with Gasteiger partial charge in [-0.3, -0.25) is 14.4 Å². The van der Waals surface area contributed by atoms with Gasteiger partial charge in [-0.2, -0.15) is 0 Å². The van der Waals surface area contributed by atoms with E-state index in [1.54, 1.807) is 26.0 Å². The Kier molecular flexibility index (Phi) is 8.92. The van der Waals surface area contributed by atoms with Gasteiger partial charge in [0, 0.05) is 13.1 Å². The van der Waals surface area contributed by atoms with Crippen LogP contribution in [0.1, 0.15) is 31.7 Å². The van der Waals surface area contributed by atoms with Crippen molar-refractivity contribution in [3.8, 4) is 5.75 Å². The molecule has 3 N–H and O–H groups in total. The van der Waals surface area contributed by atoms with Gasteiger partial charge >= 0.3 is 0 Å². The van der Waals surface area contributed by atoms with Gasteiger partial charge in [0.25, 0.3) is 0 Å². The van der Waals surface area contributed by atoms with E-state index in [1.165, 1.54) is 0 Å². The smallest absolute Gasteiger partial charge is 0.245 e. The highest BCUT2D eigenvalue weighted by atomic mass is 16.5. The van der Waals surface area contributed by atoms with E-state index in [-0.39, 0.29) is 30.3 Å². The average molecular weight is 405 g/mol. The largest absolute Gasteiger partial charge is 0.496 e. The maximum atomic E-state index is 12.8. The van der Waals surface area contributed by atoms with E-state index in [1.807, 2.05) is 24.3 Å². The number of nitrogens with one attached hydrogen (secondary N) is 3. The zero-order valence-corrected chi connectivity index (χ0v) is 17.5. The lowest BCUT2D eigenvalue weighted by atomic mass is 10.1. The molecule has 1 heterocycles. The molecule has 0 spiro atoms. The molecule has 0 bridgehead atoms. The van der Waals surface area contributed by atoms with Crippen molar-refractivity contribution in [3.63, 3.8) is 0 Å². The Bertz CT molecular complexity index is 710. The first kappa shape index (κ1) is 22.7. The second-order valence-corrected chi connectivity index (χ2v) is 7.24. The van der Waals surface area contributed by atoms with Crippen LogP contribution < -0.4 is 20.7 Å². The summed E-state index contributed by atoms with van der Waals surface area (Å²) in [5, 5.41) is 8.53. The molecule has 8 heteroatoms. The number of likely N-dealkylation sites (N-methyl/N-ethyl adjacent to an activating group) is 1. The van der Waals surface area contributed by atoms with E-state index >= 15 is 0 Å². The van der Waals surface area contributed by atoms with Crippen molar-refractivity contribution < 1.29 is 19.1 Å². The number of hydrogen-bond donors (Lipinski definition) is 3. The molecule has 0 unspecified atom stereocenters. The SMILES string of the molecule is CN[C@@H](C)C(=O)N[C@H]1CCCCN(CC(=O)NCCc2ccccc2OC)C1=O. The molecule has 1 saturated heterocycles. The third-order valence-corrected chi connectivity index (χ3v) is 5.17. The molecule has 0 aliphatic carbocycles. The zero-order chi connectivity index (χ0) is 21.2. The van der Waals surface area contributed by atoms with Crippen molar-refractivity contribution in [2.24, 2.45) is 0 Å². The molecule has 29 heavy (non-hydrogen) atoms. The molecule has 3 amide bonds. The van der Waals surface area contributed by atoms with Crippen molar-refractivity contribution in [2.45, 2.75) is 44.7 Å². The van der Waals surface area contributed by atoms with Crippen LogP contribution in [0.25, 0.3) is 0 Å². The van der Waals surface area contributed by atoms with E-state index in [0.29, 0.717) is 25.9 Å². The Balaban J connectivity index is 1.86. The third kappa shape index (κ3) is 6.74. The zero-order valence-electron chi connectivity index (χ0n) is 17.5. The highest BCUT2D eigenvalue weighted by Crippen LogP contribution is 2.17. The molecule has 0 aromatic heterocycles. The van der Waals surface area contributed by atoms with Crippen LogP contribution in [0.4, 0.5) is 0 Å². The summed E-state index contributed by atoms with van der Waals surface area (Å²) in [5.74, 6) is 0.177. The van der Waals surface area contributed by atoms with Crippen LogP contribution in [0.2, 0.25) is 0 Å².